The van der Waals surface area contributed by atoms with Crippen molar-refractivity contribution in [1.82, 2.24) is 10.2 Å². The summed E-state index contributed by atoms with van der Waals surface area (Å²) in [7, 11) is 3.63. The van der Waals surface area contributed by atoms with Gasteiger partial charge in [0.15, 0.2) is 0 Å². The maximum absolute atomic E-state index is 13.8. The van der Waals surface area contributed by atoms with E-state index in [4.69, 9.17) is 0 Å². The summed E-state index contributed by atoms with van der Waals surface area (Å²) in [5.74, 6) is -0.533. The fourth-order valence-corrected chi connectivity index (χ4v) is 2.99. The summed E-state index contributed by atoms with van der Waals surface area (Å²) in [5.41, 5.74) is 2.69. The third-order valence-electron chi connectivity index (χ3n) is 5.02. The molecule has 0 spiro atoms. The molecule has 0 bridgehead atoms. The largest absolute Gasteiger partial charge is 0.374 e. The van der Waals surface area contributed by atoms with Gasteiger partial charge in [-0.2, -0.15) is 0 Å². The average Bonchev–Trinajstić information content (AvgIpc) is 2.65. The molecule has 0 saturated heterocycles. The van der Waals surface area contributed by atoms with Crippen molar-refractivity contribution >= 4 is 5.91 Å². The van der Waals surface area contributed by atoms with E-state index in [9.17, 15) is 14.3 Å². The van der Waals surface area contributed by atoms with Gasteiger partial charge in [0, 0.05) is 17.5 Å². The van der Waals surface area contributed by atoms with Crippen molar-refractivity contribution in [2.45, 2.75) is 45.3 Å². The Morgan fingerprint density at radius 1 is 1.11 bits per heavy atom. The molecule has 2 N–H and O–H groups in total. The molecule has 0 heterocycles. The summed E-state index contributed by atoms with van der Waals surface area (Å²) in [6.45, 7) is 8.42. The Morgan fingerprint density at radius 2 is 1.71 bits per heavy atom. The monoisotopic (exact) mass is 386 g/mol. The Morgan fingerprint density at radius 3 is 2.25 bits per heavy atom. The van der Waals surface area contributed by atoms with Crippen molar-refractivity contribution in [3.63, 3.8) is 0 Å². The Balaban J connectivity index is 2.09. The number of aliphatic hydroxyl groups is 1. The molecule has 4 nitrogen and oxygen atoms in total. The first-order valence-electron chi connectivity index (χ1n) is 9.55. The molecule has 0 aliphatic carbocycles. The zero-order chi connectivity index (χ0) is 21.1. The second-order valence-corrected chi connectivity index (χ2v) is 8.45. The highest BCUT2D eigenvalue weighted by Gasteiger charge is 2.23. The Hall–Kier alpha value is -2.24. The van der Waals surface area contributed by atoms with Crippen molar-refractivity contribution in [2.24, 2.45) is 0 Å². The molecular weight excluding hydrogens is 355 g/mol. The van der Waals surface area contributed by atoms with E-state index >= 15 is 0 Å². The number of benzene rings is 2. The molecule has 2 aromatic carbocycles. The Bertz CT molecular complexity index is 814. The minimum absolute atomic E-state index is 0.148. The van der Waals surface area contributed by atoms with Crippen LogP contribution in [0.4, 0.5) is 4.39 Å². The van der Waals surface area contributed by atoms with Crippen molar-refractivity contribution < 1.29 is 14.3 Å². The third-order valence-corrected chi connectivity index (χ3v) is 5.02. The summed E-state index contributed by atoms with van der Waals surface area (Å²) < 4.78 is 13.8. The molecule has 0 radical (unpaired) electrons. The van der Waals surface area contributed by atoms with Gasteiger partial charge in [-0.05, 0) is 54.9 Å². The van der Waals surface area contributed by atoms with E-state index in [1.165, 1.54) is 12.1 Å². The molecule has 0 aliphatic heterocycles. The number of hydrogen-bond donors (Lipinski definition) is 2. The minimum Gasteiger partial charge on any atom is -0.374 e. The van der Waals surface area contributed by atoms with Gasteiger partial charge in [0.05, 0.1) is 0 Å². The molecular formula is C23H31FN2O2. The zero-order valence-corrected chi connectivity index (χ0v) is 17.6. The van der Waals surface area contributed by atoms with Gasteiger partial charge in [-0.1, -0.05) is 52.0 Å². The van der Waals surface area contributed by atoms with Crippen LogP contribution in [0.15, 0.2) is 42.5 Å². The summed E-state index contributed by atoms with van der Waals surface area (Å²) in [6, 6.07) is 12.2. The van der Waals surface area contributed by atoms with Gasteiger partial charge in [-0.15, -0.1) is 0 Å². The maximum atomic E-state index is 13.8. The summed E-state index contributed by atoms with van der Waals surface area (Å²) in [5, 5.41) is 13.0. The molecule has 2 rings (SSSR count). The highest BCUT2D eigenvalue weighted by Crippen LogP contribution is 2.25. The molecule has 5 heteroatoms. The normalized spacial score (nSPS) is 13.1. The molecule has 1 amide bonds. The minimum atomic E-state index is -0.653. The predicted octanol–water partition coefficient (Wildman–Crippen LogP) is 4.21. The maximum Gasteiger partial charge on any atom is 0.251 e. The van der Waals surface area contributed by atoms with Crippen LogP contribution in [0, 0.1) is 5.82 Å². The number of halogens is 1. The summed E-state index contributed by atoms with van der Waals surface area (Å²) in [6.07, 6.45) is -0.653. The molecule has 0 aromatic heterocycles. The SMILES string of the molecule is CC(C)c1cc(F)cc(C(=O)NCC(C)(C)c2ccc(C(O)N(C)C)cc2)c1. The molecule has 2 aromatic rings. The van der Waals surface area contributed by atoms with E-state index in [2.05, 4.69) is 5.32 Å². The lowest BCUT2D eigenvalue weighted by molar-refractivity contribution is 0.0395. The fourth-order valence-electron chi connectivity index (χ4n) is 2.99. The topological polar surface area (TPSA) is 52.6 Å². The number of nitrogens with zero attached hydrogens (tertiary/aromatic N) is 1. The van der Waals surface area contributed by atoms with E-state index < -0.39 is 12.0 Å². The van der Waals surface area contributed by atoms with E-state index in [0.717, 1.165) is 16.7 Å². The van der Waals surface area contributed by atoms with Crippen LogP contribution in [0.2, 0.25) is 0 Å². The van der Waals surface area contributed by atoms with Crippen LogP contribution in [0.1, 0.15) is 66.9 Å². The van der Waals surface area contributed by atoms with Crippen molar-refractivity contribution in [3.8, 4) is 0 Å². The van der Waals surface area contributed by atoms with Crippen LogP contribution in [0.25, 0.3) is 0 Å². The fraction of sp³-hybridized carbons (Fsp3) is 0.435. The number of carbonyl (C=O) groups is 1. The quantitative estimate of drug-likeness (QED) is 0.701. The van der Waals surface area contributed by atoms with Gasteiger partial charge < -0.3 is 10.4 Å². The van der Waals surface area contributed by atoms with Gasteiger partial charge >= 0.3 is 0 Å². The second-order valence-electron chi connectivity index (χ2n) is 8.45. The van der Waals surface area contributed by atoms with Crippen LogP contribution in [0.3, 0.4) is 0 Å². The van der Waals surface area contributed by atoms with E-state index in [-0.39, 0.29) is 17.2 Å². The number of amides is 1. The van der Waals surface area contributed by atoms with E-state index in [1.807, 2.05) is 66.1 Å². The third kappa shape index (κ3) is 5.40. The van der Waals surface area contributed by atoms with Gasteiger partial charge in [-0.3, -0.25) is 9.69 Å². The molecule has 0 aliphatic rings. The molecule has 28 heavy (non-hydrogen) atoms. The van der Waals surface area contributed by atoms with Crippen LogP contribution in [0.5, 0.6) is 0 Å². The zero-order valence-electron chi connectivity index (χ0n) is 17.6. The first kappa shape index (κ1) is 22.1. The highest BCUT2D eigenvalue weighted by atomic mass is 19.1. The summed E-state index contributed by atoms with van der Waals surface area (Å²) in [4.78, 5) is 14.3. The molecule has 1 atom stereocenters. The number of rotatable bonds is 7. The van der Waals surface area contributed by atoms with Crippen LogP contribution in [-0.4, -0.2) is 36.6 Å². The van der Waals surface area contributed by atoms with Gasteiger partial charge in [0.2, 0.25) is 0 Å². The second kappa shape index (κ2) is 8.84. The van der Waals surface area contributed by atoms with Crippen LogP contribution in [-0.2, 0) is 5.41 Å². The van der Waals surface area contributed by atoms with Gasteiger partial charge in [0.25, 0.3) is 5.91 Å². The number of hydrogen-bond acceptors (Lipinski definition) is 3. The first-order valence-corrected chi connectivity index (χ1v) is 9.55. The molecule has 1 unspecified atom stereocenters. The first-order chi connectivity index (χ1) is 13.0. The molecule has 0 saturated carbocycles. The summed E-state index contributed by atoms with van der Waals surface area (Å²) >= 11 is 0. The van der Waals surface area contributed by atoms with Crippen molar-refractivity contribution in [1.29, 1.82) is 0 Å². The lowest BCUT2D eigenvalue weighted by Gasteiger charge is -2.27. The van der Waals surface area contributed by atoms with Crippen LogP contribution < -0.4 is 5.32 Å². The van der Waals surface area contributed by atoms with E-state index in [1.54, 1.807) is 11.0 Å². The Kier molecular flexibility index (Phi) is 6.96. The van der Waals surface area contributed by atoms with Crippen molar-refractivity contribution in [2.75, 3.05) is 20.6 Å². The Labute approximate surface area is 167 Å². The van der Waals surface area contributed by atoms with Gasteiger partial charge in [-0.25, -0.2) is 4.39 Å². The number of nitrogens with one attached hydrogen (secondary N) is 1. The smallest absolute Gasteiger partial charge is 0.251 e. The molecule has 0 fully saturated rings. The van der Waals surface area contributed by atoms with Gasteiger partial charge in [0.1, 0.15) is 12.0 Å². The number of carbonyl (C=O) groups excluding carboxylic acids is 1. The lowest BCUT2D eigenvalue weighted by atomic mass is 9.84. The lowest BCUT2D eigenvalue weighted by Crippen LogP contribution is -2.36. The molecule has 152 valence electrons. The average molecular weight is 387 g/mol. The standard InChI is InChI=1S/C23H31FN2O2/c1-15(2)17-11-18(13-20(24)12-17)21(27)25-14-23(3,4)19-9-7-16(8-10-19)22(28)26(5)6/h7-13,15,22,28H,14H2,1-6H3,(H,25,27). The van der Waals surface area contributed by atoms with E-state index in [0.29, 0.717) is 12.1 Å². The van der Waals surface area contributed by atoms with Crippen molar-refractivity contribution in [3.05, 3.63) is 70.5 Å². The predicted molar refractivity (Wildman–Crippen MR) is 111 cm³/mol. The number of aliphatic hydroxyl groups excluding tert-OH is 1. The highest BCUT2D eigenvalue weighted by molar-refractivity contribution is 5.94. The van der Waals surface area contributed by atoms with Crippen LogP contribution >= 0.6 is 0 Å².